The molecule has 0 amide bonds. The van der Waals surface area contributed by atoms with E-state index in [0.29, 0.717) is 0 Å². The third-order valence-corrected chi connectivity index (χ3v) is 5.34. The average molecular weight is 286 g/mol. The highest BCUT2D eigenvalue weighted by atomic mass is 32.1. The van der Waals surface area contributed by atoms with Crippen molar-refractivity contribution in [3.05, 3.63) is 57.3 Å². The molecule has 0 saturated heterocycles. The molecule has 0 aliphatic heterocycles. The van der Waals surface area contributed by atoms with Crippen LogP contribution in [-0.4, -0.2) is 5.11 Å². The third-order valence-electron chi connectivity index (χ3n) is 4.34. The number of aliphatic hydroxyl groups is 1. The smallest absolute Gasteiger partial charge is 0.0858 e. The van der Waals surface area contributed by atoms with Gasteiger partial charge < -0.3 is 5.11 Å². The van der Waals surface area contributed by atoms with Gasteiger partial charge in [-0.1, -0.05) is 37.6 Å². The van der Waals surface area contributed by atoms with Gasteiger partial charge in [-0.2, -0.15) is 0 Å². The van der Waals surface area contributed by atoms with Crippen molar-refractivity contribution < 1.29 is 5.11 Å². The lowest BCUT2D eigenvalue weighted by molar-refractivity contribution is 0.136. The lowest BCUT2D eigenvalue weighted by atomic mass is 9.81. The third kappa shape index (κ3) is 2.68. The first-order chi connectivity index (χ1) is 9.79. The van der Waals surface area contributed by atoms with E-state index >= 15 is 0 Å². The molecule has 0 radical (unpaired) electrons. The van der Waals surface area contributed by atoms with E-state index in [2.05, 4.69) is 42.6 Å². The molecular formula is C18H22OS. The zero-order chi connectivity index (χ0) is 13.9. The van der Waals surface area contributed by atoms with E-state index in [1.54, 1.807) is 0 Å². The van der Waals surface area contributed by atoms with Gasteiger partial charge in [-0.3, -0.25) is 0 Å². The maximum absolute atomic E-state index is 10.7. The van der Waals surface area contributed by atoms with Crippen LogP contribution in [0.4, 0.5) is 0 Å². The summed E-state index contributed by atoms with van der Waals surface area (Å²) in [5.41, 5.74) is 3.81. The number of benzene rings is 1. The van der Waals surface area contributed by atoms with E-state index in [4.69, 9.17) is 0 Å². The van der Waals surface area contributed by atoms with Crippen molar-refractivity contribution in [2.45, 2.75) is 51.0 Å². The molecule has 0 spiro atoms. The highest BCUT2D eigenvalue weighted by Crippen LogP contribution is 2.42. The van der Waals surface area contributed by atoms with Crippen LogP contribution in [0.2, 0.25) is 0 Å². The molecule has 2 heteroatoms. The predicted molar refractivity (Wildman–Crippen MR) is 85.4 cm³/mol. The van der Waals surface area contributed by atoms with Crippen LogP contribution in [0.15, 0.2) is 35.7 Å². The molecule has 20 heavy (non-hydrogen) atoms. The summed E-state index contributed by atoms with van der Waals surface area (Å²) in [7, 11) is 0. The molecule has 0 bridgehead atoms. The zero-order valence-electron chi connectivity index (χ0n) is 12.0. The molecule has 3 rings (SSSR count). The van der Waals surface area contributed by atoms with Crippen LogP contribution in [0.5, 0.6) is 0 Å². The van der Waals surface area contributed by atoms with Gasteiger partial charge in [-0.05, 0) is 53.8 Å². The van der Waals surface area contributed by atoms with E-state index in [9.17, 15) is 5.11 Å². The summed E-state index contributed by atoms with van der Waals surface area (Å²) in [4.78, 5) is 1.47. The Hall–Kier alpha value is -1.12. The van der Waals surface area contributed by atoms with Crippen molar-refractivity contribution >= 4 is 11.3 Å². The SMILES string of the molecule is CCCc1ccc(C(O)C2CCCc3sccc32)cc1. The molecule has 1 N–H and O–H groups in total. The summed E-state index contributed by atoms with van der Waals surface area (Å²) in [6, 6.07) is 10.8. The van der Waals surface area contributed by atoms with Gasteiger partial charge in [0.05, 0.1) is 6.10 Å². The zero-order valence-corrected chi connectivity index (χ0v) is 12.8. The molecule has 1 nitrogen and oxygen atoms in total. The standard InChI is InChI=1S/C18H22OS/c1-2-4-13-7-9-14(10-8-13)18(19)16-5-3-6-17-15(16)11-12-20-17/h7-12,16,18-19H,2-6H2,1H3. The van der Waals surface area contributed by atoms with Gasteiger partial charge in [0, 0.05) is 10.8 Å². The Labute approximate surface area is 125 Å². The Morgan fingerprint density at radius 1 is 1.25 bits per heavy atom. The maximum Gasteiger partial charge on any atom is 0.0858 e. The van der Waals surface area contributed by atoms with Gasteiger partial charge in [-0.25, -0.2) is 0 Å². The van der Waals surface area contributed by atoms with Gasteiger partial charge in [-0.15, -0.1) is 11.3 Å². The highest BCUT2D eigenvalue weighted by molar-refractivity contribution is 7.10. The molecule has 1 heterocycles. The van der Waals surface area contributed by atoms with Crippen LogP contribution in [0.1, 0.15) is 59.8 Å². The van der Waals surface area contributed by atoms with Gasteiger partial charge in [0.25, 0.3) is 0 Å². The van der Waals surface area contributed by atoms with Gasteiger partial charge >= 0.3 is 0 Å². The average Bonchev–Trinajstić information content (AvgIpc) is 2.96. The highest BCUT2D eigenvalue weighted by Gasteiger charge is 2.28. The fourth-order valence-corrected chi connectivity index (χ4v) is 4.25. The quantitative estimate of drug-likeness (QED) is 0.851. The first-order valence-corrected chi connectivity index (χ1v) is 8.50. The number of hydrogen-bond donors (Lipinski definition) is 1. The Morgan fingerprint density at radius 3 is 2.80 bits per heavy atom. The summed E-state index contributed by atoms with van der Waals surface area (Å²) >= 11 is 1.84. The second-order valence-electron chi connectivity index (χ2n) is 5.73. The van der Waals surface area contributed by atoms with Crippen LogP contribution in [-0.2, 0) is 12.8 Å². The molecule has 1 aromatic carbocycles. The number of thiophene rings is 1. The summed E-state index contributed by atoms with van der Waals surface area (Å²) in [6.07, 6.45) is 5.41. The fraction of sp³-hybridized carbons (Fsp3) is 0.444. The number of aryl methyl sites for hydroxylation is 2. The largest absolute Gasteiger partial charge is 0.388 e. The molecule has 2 atom stereocenters. The van der Waals surface area contributed by atoms with Crippen LogP contribution in [0.25, 0.3) is 0 Å². The minimum absolute atomic E-state index is 0.280. The van der Waals surface area contributed by atoms with Gasteiger partial charge in [0.15, 0.2) is 0 Å². The summed E-state index contributed by atoms with van der Waals surface area (Å²) in [6.45, 7) is 2.20. The monoisotopic (exact) mass is 286 g/mol. The molecule has 1 aliphatic carbocycles. The van der Waals surface area contributed by atoms with Crippen molar-refractivity contribution in [3.8, 4) is 0 Å². The first-order valence-electron chi connectivity index (χ1n) is 7.62. The Bertz CT molecular complexity index is 555. The number of aliphatic hydroxyl groups excluding tert-OH is 1. The maximum atomic E-state index is 10.7. The van der Waals surface area contributed by atoms with E-state index in [-0.39, 0.29) is 12.0 Å². The molecule has 2 aromatic rings. The Morgan fingerprint density at radius 2 is 2.05 bits per heavy atom. The summed E-state index contributed by atoms with van der Waals surface area (Å²) in [5.74, 6) is 0.280. The Kier molecular flexibility index (Phi) is 4.23. The second kappa shape index (κ2) is 6.11. The fourth-order valence-electron chi connectivity index (χ4n) is 3.25. The van der Waals surface area contributed by atoms with Crippen molar-refractivity contribution in [1.82, 2.24) is 0 Å². The van der Waals surface area contributed by atoms with Crippen LogP contribution >= 0.6 is 11.3 Å². The summed E-state index contributed by atoms with van der Waals surface area (Å²) in [5, 5.41) is 12.9. The van der Waals surface area contributed by atoms with E-state index in [0.717, 1.165) is 18.4 Å². The molecule has 1 aromatic heterocycles. The first kappa shape index (κ1) is 13.8. The lowest BCUT2D eigenvalue weighted by Gasteiger charge is -2.27. The van der Waals surface area contributed by atoms with Gasteiger partial charge in [0.1, 0.15) is 0 Å². The normalized spacial score (nSPS) is 19.6. The van der Waals surface area contributed by atoms with Crippen molar-refractivity contribution in [3.63, 3.8) is 0 Å². The van der Waals surface area contributed by atoms with Crippen LogP contribution in [0, 0.1) is 0 Å². The van der Waals surface area contributed by atoms with E-state index < -0.39 is 0 Å². The summed E-state index contributed by atoms with van der Waals surface area (Å²) < 4.78 is 0. The predicted octanol–water partition coefficient (Wildman–Crippen LogP) is 4.85. The lowest BCUT2D eigenvalue weighted by Crippen LogP contribution is -2.15. The van der Waals surface area contributed by atoms with Crippen molar-refractivity contribution in [2.75, 3.05) is 0 Å². The molecule has 106 valence electrons. The molecule has 2 unspecified atom stereocenters. The minimum Gasteiger partial charge on any atom is -0.388 e. The molecule has 1 aliphatic rings. The number of rotatable bonds is 4. The van der Waals surface area contributed by atoms with E-state index in [1.807, 2.05) is 11.3 Å². The number of fused-ring (bicyclic) bond motifs is 1. The van der Waals surface area contributed by atoms with Crippen molar-refractivity contribution in [1.29, 1.82) is 0 Å². The minimum atomic E-state index is -0.362. The van der Waals surface area contributed by atoms with Crippen LogP contribution in [0.3, 0.4) is 0 Å². The molecule has 0 fully saturated rings. The van der Waals surface area contributed by atoms with Crippen molar-refractivity contribution in [2.24, 2.45) is 0 Å². The Balaban J connectivity index is 1.81. The van der Waals surface area contributed by atoms with Gasteiger partial charge in [0.2, 0.25) is 0 Å². The molecule has 0 saturated carbocycles. The topological polar surface area (TPSA) is 20.2 Å². The number of hydrogen-bond acceptors (Lipinski definition) is 2. The van der Waals surface area contributed by atoms with E-state index in [1.165, 1.54) is 35.3 Å². The second-order valence-corrected chi connectivity index (χ2v) is 6.73. The van der Waals surface area contributed by atoms with Crippen LogP contribution < -0.4 is 0 Å². The molecular weight excluding hydrogens is 264 g/mol.